The molecule has 2 rings (SSSR count). The summed E-state index contributed by atoms with van der Waals surface area (Å²) in [5, 5.41) is 0. The SMILES string of the molecule is [2H]C1CN(S(=O)(=O)c2ccc(C)cc2)CC1([2H])C(=O)OCC. The molecule has 1 heterocycles. The van der Waals surface area contributed by atoms with Gasteiger partial charge in [-0.1, -0.05) is 17.7 Å². The molecule has 2 unspecified atom stereocenters. The van der Waals surface area contributed by atoms with E-state index in [0.717, 1.165) is 9.87 Å². The topological polar surface area (TPSA) is 63.7 Å². The number of rotatable bonds is 4. The molecule has 1 fully saturated rings. The van der Waals surface area contributed by atoms with Crippen LogP contribution < -0.4 is 0 Å². The summed E-state index contributed by atoms with van der Waals surface area (Å²) in [4.78, 5) is 12.0. The van der Waals surface area contributed by atoms with Crippen molar-refractivity contribution in [2.24, 2.45) is 5.89 Å². The summed E-state index contributed by atoms with van der Waals surface area (Å²) in [7, 11) is -3.82. The van der Waals surface area contributed by atoms with Crippen molar-refractivity contribution in [3.05, 3.63) is 29.8 Å². The predicted octanol–water partition coefficient (Wildman–Crippen LogP) is 1.57. The highest BCUT2D eigenvalue weighted by atomic mass is 32.2. The second-order valence-corrected chi connectivity index (χ2v) is 6.50. The lowest BCUT2D eigenvalue weighted by molar-refractivity contribution is -0.147. The molecule has 1 aromatic rings. The number of esters is 1. The highest BCUT2D eigenvalue weighted by molar-refractivity contribution is 7.89. The standard InChI is InChI=1S/C14H19NO4S/c1-3-19-14(16)12-8-9-15(10-12)20(17,18)13-6-4-11(2)5-7-13/h4-7,12H,3,8-10H2,1-2H3/i8D,12D. The molecule has 1 aromatic carbocycles. The Morgan fingerprint density at radius 1 is 1.50 bits per heavy atom. The van der Waals surface area contributed by atoms with Crippen LogP contribution in [0.1, 0.15) is 21.6 Å². The normalized spacial score (nSPS) is 28.8. The van der Waals surface area contributed by atoms with Crippen molar-refractivity contribution in [3.63, 3.8) is 0 Å². The third kappa shape index (κ3) is 3.02. The Labute approximate surface area is 122 Å². The first-order valence-electron chi connectivity index (χ1n) is 7.46. The molecule has 0 N–H and O–H groups in total. The summed E-state index contributed by atoms with van der Waals surface area (Å²) in [5.41, 5.74) is 0.931. The molecule has 1 aliphatic heterocycles. The van der Waals surface area contributed by atoms with Crippen molar-refractivity contribution in [3.8, 4) is 0 Å². The Hall–Kier alpha value is -1.40. The summed E-state index contributed by atoms with van der Waals surface area (Å²) >= 11 is 0. The zero-order valence-electron chi connectivity index (χ0n) is 13.5. The van der Waals surface area contributed by atoms with Gasteiger partial charge in [-0.25, -0.2) is 8.42 Å². The number of hydrogen-bond acceptors (Lipinski definition) is 4. The van der Waals surface area contributed by atoms with Gasteiger partial charge in [0.05, 0.1) is 17.4 Å². The minimum atomic E-state index is -3.82. The van der Waals surface area contributed by atoms with Crippen LogP contribution in [-0.2, 0) is 19.6 Å². The third-order valence-corrected chi connectivity index (χ3v) is 4.91. The molecular weight excluding hydrogens is 278 g/mol. The summed E-state index contributed by atoms with van der Waals surface area (Å²) in [6, 6.07) is 6.33. The van der Waals surface area contributed by atoms with Gasteiger partial charge in [-0.05, 0) is 32.4 Å². The van der Waals surface area contributed by atoms with Gasteiger partial charge in [0.15, 0.2) is 0 Å². The number of nitrogens with zero attached hydrogens (tertiary/aromatic N) is 1. The molecule has 1 saturated heterocycles. The molecule has 0 aliphatic carbocycles. The minimum Gasteiger partial charge on any atom is -0.466 e. The van der Waals surface area contributed by atoms with E-state index < -0.39 is 28.3 Å². The number of ether oxygens (including phenoxy) is 1. The molecule has 20 heavy (non-hydrogen) atoms. The number of sulfonamides is 1. The monoisotopic (exact) mass is 299 g/mol. The van der Waals surface area contributed by atoms with Gasteiger partial charge in [-0.15, -0.1) is 0 Å². The molecule has 0 saturated carbocycles. The van der Waals surface area contributed by atoms with Gasteiger partial charge in [0.1, 0.15) is 0 Å². The quantitative estimate of drug-likeness (QED) is 0.792. The van der Waals surface area contributed by atoms with E-state index in [1.165, 1.54) is 12.1 Å². The molecular formula is C14H19NO4S. The van der Waals surface area contributed by atoms with Gasteiger partial charge in [0, 0.05) is 15.8 Å². The van der Waals surface area contributed by atoms with Gasteiger partial charge in [0.25, 0.3) is 0 Å². The van der Waals surface area contributed by atoms with Crippen LogP contribution in [0.4, 0.5) is 0 Å². The molecule has 110 valence electrons. The number of carbonyl (C=O) groups excluding carboxylic acids is 1. The smallest absolute Gasteiger partial charge is 0.310 e. The van der Waals surface area contributed by atoms with Crippen molar-refractivity contribution in [2.45, 2.75) is 25.1 Å². The van der Waals surface area contributed by atoms with Crippen LogP contribution in [0.15, 0.2) is 29.2 Å². The van der Waals surface area contributed by atoms with Crippen molar-refractivity contribution in [2.75, 3.05) is 19.7 Å². The molecule has 0 spiro atoms. The number of hydrogen-bond donors (Lipinski definition) is 0. The molecule has 0 radical (unpaired) electrons. The molecule has 6 heteroatoms. The van der Waals surface area contributed by atoms with Gasteiger partial charge >= 0.3 is 5.97 Å². The number of carbonyl (C=O) groups is 1. The molecule has 0 bridgehead atoms. The molecule has 1 aliphatic rings. The van der Waals surface area contributed by atoms with Crippen molar-refractivity contribution in [1.82, 2.24) is 4.31 Å². The van der Waals surface area contributed by atoms with Gasteiger partial charge in [-0.3, -0.25) is 4.79 Å². The fourth-order valence-electron chi connectivity index (χ4n) is 1.95. The van der Waals surface area contributed by atoms with Crippen LogP contribution in [0.3, 0.4) is 0 Å². The van der Waals surface area contributed by atoms with Crippen molar-refractivity contribution in [1.29, 1.82) is 0 Å². The van der Waals surface area contributed by atoms with Gasteiger partial charge in [-0.2, -0.15) is 4.31 Å². The zero-order valence-corrected chi connectivity index (χ0v) is 12.3. The van der Waals surface area contributed by atoms with E-state index >= 15 is 0 Å². The maximum atomic E-state index is 12.6. The highest BCUT2D eigenvalue weighted by Gasteiger charge is 2.36. The Kier molecular flexibility index (Phi) is 3.66. The number of benzene rings is 1. The van der Waals surface area contributed by atoms with Crippen molar-refractivity contribution < 1.29 is 20.7 Å². The number of aryl methyl sites for hydroxylation is 1. The fourth-order valence-corrected chi connectivity index (χ4v) is 3.30. The Morgan fingerprint density at radius 2 is 2.15 bits per heavy atom. The van der Waals surface area contributed by atoms with E-state index in [1.807, 2.05) is 6.92 Å². The first kappa shape index (κ1) is 12.3. The molecule has 5 nitrogen and oxygen atoms in total. The maximum Gasteiger partial charge on any atom is 0.310 e. The second kappa shape index (κ2) is 5.93. The predicted molar refractivity (Wildman–Crippen MR) is 74.7 cm³/mol. The zero-order chi connectivity index (χ0) is 16.5. The summed E-state index contributed by atoms with van der Waals surface area (Å²) in [6.07, 6.45) is -1.17. The van der Waals surface area contributed by atoms with E-state index in [0.29, 0.717) is 0 Å². The largest absolute Gasteiger partial charge is 0.466 e. The van der Waals surface area contributed by atoms with Crippen LogP contribution in [0.25, 0.3) is 0 Å². The molecule has 0 amide bonds. The third-order valence-electron chi connectivity index (χ3n) is 3.08. The average molecular weight is 299 g/mol. The van der Waals surface area contributed by atoms with E-state index in [4.69, 9.17) is 7.48 Å². The first-order valence-corrected chi connectivity index (χ1v) is 7.82. The van der Waals surface area contributed by atoms with E-state index in [2.05, 4.69) is 0 Å². The molecule has 2 atom stereocenters. The van der Waals surface area contributed by atoms with Crippen LogP contribution in [-0.4, -0.2) is 38.4 Å². The lowest BCUT2D eigenvalue weighted by Crippen LogP contribution is -2.30. The van der Waals surface area contributed by atoms with Crippen LogP contribution in [0.5, 0.6) is 0 Å². The second-order valence-electron chi connectivity index (χ2n) is 4.56. The summed E-state index contributed by atoms with van der Waals surface area (Å²) < 4.78 is 47.0. The van der Waals surface area contributed by atoms with Crippen LogP contribution in [0, 0.1) is 12.8 Å². The molecule has 0 aromatic heterocycles. The van der Waals surface area contributed by atoms with E-state index in [-0.39, 0.29) is 24.6 Å². The fraction of sp³-hybridized carbons (Fsp3) is 0.500. The Morgan fingerprint density at radius 3 is 2.75 bits per heavy atom. The maximum absolute atomic E-state index is 12.6. The lowest BCUT2D eigenvalue weighted by atomic mass is 10.1. The van der Waals surface area contributed by atoms with Crippen molar-refractivity contribution >= 4 is 16.0 Å². The lowest BCUT2D eigenvalue weighted by Gasteiger charge is -2.16. The Balaban J connectivity index is 2.28. The van der Waals surface area contributed by atoms with Gasteiger partial charge < -0.3 is 4.74 Å². The Bertz CT molecular complexity index is 662. The average Bonchev–Trinajstić information content (AvgIpc) is 2.77. The van der Waals surface area contributed by atoms with E-state index in [9.17, 15) is 13.2 Å². The van der Waals surface area contributed by atoms with Crippen LogP contribution >= 0.6 is 0 Å². The highest BCUT2D eigenvalue weighted by Crippen LogP contribution is 2.25. The summed E-state index contributed by atoms with van der Waals surface area (Å²) in [6.45, 7) is 2.99. The van der Waals surface area contributed by atoms with Crippen LogP contribution in [0.2, 0.25) is 0 Å². The minimum absolute atomic E-state index is 0.0941. The van der Waals surface area contributed by atoms with Gasteiger partial charge in [0.2, 0.25) is 10.0 Å². The summed E-state index contributed by atoms with van der Waals surface area (Å²) in [5.74, 6) is -2.73. The first-order chi connectivity index (χ1) is 10.2. The van der Waals surface area contributed by atoms with E-state index in [1.54, 1.807) is 19.1 Å².